The third kappa shape index (κ3) is 3.88. The first-order valence-electron chi connectivity index (χ1n) is 5.66. The van der Waals surface area contributed by atoms with Crippen molar-refractivity contribution >= 4 is 5.91 Å². The Bertz CT molecular complexity index is 247. The first-order valence-corrected chi connectivity index (χ1v) is 5.66. The first-order chi connectivity index (χ1) is 7.27. The lowest BCUT2D eigenvalue weighted by Gasteiger charge is -2.28. The molecule has 0 spiro atoms. The van der Waals surface area contributed by atoms with Crippen LogP contribution in [0.4, 0.5) is 0 Å². The van der Waals surface area contributed by atoms with E-state index in [1.165, 1.54) is 6.42 Å². The number of hydrogen-bond donors (Lipinski definition) is 2. The molecule has 0 aliphatic carbocycles. The molecule has 2 unspecified atom stereocenters. The zero-order valence-electron chi connectivity index (χ0n) is 9.25. The number of rotatable bonds is 4. The summed E-state index contributed by atoms with van der Waals surface area (Å²) >= 11 is 0. The summed E-state index contributed by atoms with van der Waals surface area (Å²) in [6, 6.07) is 1.96. The number of piperidine rings is 1. The normalized spacial score (nSPS) is 25.6. The number of carbonyl (C=O) groups is 1. The average molecular weight is 209 g/mol. The number of amides is 1. The van der Waals surface area contributed by atoms with Gasteiger partial charge in [-0.1, -0.05) is 13.3 Å². The van der Waals surface area contributed by atoms with E-state index in [4.69, 9.17) is 5.26 Å². The third-order valence-corrected chi connectivity index (χ3v) is 2.94. The van der Waals surface area contributed by atoms with E-state index >= 15 is 0 Å². The van der Waals surface area contributed by atoms with Gasteiger partial charge in [0.05, 0.1) is 18.5 Å². The highest BCUT2D eigenvalue weighted by atomic mass is 16.2. The topological polar surface area (TPSA) is 64.9 Å². The lowest BCUT2D eigenvalue weighted by Crippen LogP contribution is -2.48. The van der Waals surface area contributed by atoms with Gasteiger partial charge in [-0.2, -0.15) is 5.26 Å². The van der Waals surface area contributed by atoms with Crippen molar-refractivity contribution in [1.29, 1.82) is 5.26 Å². The molecule has 0 aromatic heterocycles. The molecule has 1 rings (SSSR count). The van der Waals surface area contributed by atoms with Crippen LogP contribution in [0.3, 0.4) is 0 Å². The van der Waals surface area contributed by atoms with Gasteiger partial charge in [-0.15, -0.1) is 0 Å². The van der Waals surface area contributed by atoms with Crippen LogP contribution in [0.25, 0.3) is 0 Å². The van der Waals surface area contributed by atoms with Gasteiger partial charge in [-0.05, 0) is 25.3 Å². The van der Waals surface area contributed by atoms with Gasteiger partial charge < -0.3 is 10.6 Å². The van der Waals surface area contributed by atoms with Gasteiger partial charge in [0.2, 0.25) is 5.91 Å². The SMILES string of the molecule is CCC1CCNC(C(=O)NCCC#N)C1. The van der Waals surface area contributed by atoms with Crippen LogP contribution < -0.4 is 10.6 Å². The first kappa shape index (κ1) is 12.0. The van der Waals surface area contributed by atoms with Crippen molar-refractivity contribution < 1.29 is 4.79 Å². The van der Waals surface area contributed by atoms with E-state index < -0.39 is 0 Å². The van der Waals surface area contributed by atoms with Crippen molar-refractivity contribution in [1.82, 2.24) is 10.6 Å². The van der Waals surface area contributed by atoms with E-state index in [9.17, 15) is 4.79 Å². The molecule has 2 N–H and O–H groups in total. The Kier molecular flexibility index (Phi) is 5.13. The number of nitrogens with zero attached hydrogens (tertiary/aromatic N) is 1. The quantitative estimate of drug-likeness (QED) is 0.673. The van der Waals surface area contributed by atoms with E-state index in [1.54, 1.807) is 0 Å². The van der Waals surface area contributed by atoms with Gasteiger partial charge in [0, 0.05) is 6.54 Å². The van der Waals surface area contributed by atoms with Crippen molar-refractivity contribution in [2.75, 3.05) is 13.1 Å². The molecule has 4 heteroatoms. The van der Waals surface area contributed by atoms with E-state index in [0.717, 1.165) is 19.4 Å². The van der Waals surface area contributed by atoms with Crippen molar-refractivity contribution in [2.24, 2.45) is 5.92 Å². The summed E-state index contributed by atoms with van der Waals surface area (Å²) in [5.74, 6) is 0.710. The van der Waals surface area contributed by atoms with Crippen LogP contribution >= 0.6 is 0 Å². The summed E-state index contributed by atoms with van der Waals surface area (Å²) in [5, 5.41) is 14.3. The van der Waals surface area contributed by atoms with Crippen molar-refractivity contribution in [3.8, 4) is 6.07 Å². The smallest absolute Gasteiger partial charge is 0.237 e. The van der Waals surface area contributed by atoms with E-state index in [2.05, 4.69) is 17.6 Å². The fraction of sp³-hybridized carbons (Fsp3) is 0.818. The Morgan fingerprint density at radius 3 is 3.13 bits per heavy atom. The molecular weight excluding hydrogens is 190 g/mol. The summed E-state index contributed by atoms with van der Waals surface area (Å²) in [6.07, 6.45) is 3.62. The van der Waals surface area contributed by atoms with Gasteiger partial charge in [0.15, 0.2) is 0 Å². The van der Waals surface area contributed by atoms with Crippen LogP contribution in [0.2, 0.25) is 0 Å². The minimum absolute atomic E-state index is 0.0448. The van der Waals surface area contributed by atoms with Crippen LogP contribution in [0.1, 0.15) is 32.6 Å². The van der Waals surface area contributed by atoms with Crippen molar-refractivity contribution in [3.63, 3.8) is 0 Å². The lowest BCUT2D eigenvalue weighted by molar-refractivity contribution is -0.124. The maximum absolute atomic E-state index is 11.7. The molecule has 1 heterocycles. The molecule has 0 saturated carbocycles. The van der Waals surface area contributed by atoms with E-state index in [1.807, 2.05) is 6.07 Å². The zero-order valence-corrected chi connectivity index (χ0v) is 9.25. The largest absolute Gasteiger partial charge is 0.354 e. The Labute approximate surface area is 91.0 Å². The molecular formula is C11H19N3O. The van der Waals surface area contributed by atoms with Crippen LogP contribution in [0, 0.1) is 17.2 Å². The maximum atomic E-state index is 11.7. The highest BCUT2D eigenvalue weighted by Gasteiger charge is 2.25. The molecule has 2 atom stereocenters. The van der Waals surface area contributed by atoms with Gasteiger partial charge >= 0.3 is 0 Å². The minimum atomic E-state index is -0.0533. The van der Waals surface area contributed by atoms with Crippen LogP contribution in [0.15, 0.2) is 0 Å². The highest BCUT2D eigenvalue weighted by molar-refractivity contribution is 5.81. The average Bonchev–Trinajstić information content (AvgIpc) is 2.29. The van der Waals surface area contributed by atoms with Crippen LogP contribution in [-0.4, -0.2) is 25.0 Å². The molecule has 0 bridgehead atoms. The Hall–Kier alpha value is -1.08. The third-order valence-electron chi connectivity index (χ3n) is 2.94. The Morgan fingerprint density at radius 1 is 1.67 bits per heavy atom. The predicted molar refractivity (Wildman–Crippen MR) is 58.0 cm³/mol. The van der Waals surface area contributed by atoms with Crippen molar-refractivity contribution in [2.45, 2.75) is 38.6 Å². The molecule has 4 nitrogen and oxygen atoms in total. The zero-order chi connectivity index (χ0) is 11.1. The maximum Gasteiger partial charge on any atom is 0.237 e. The predicted octanol–water partition coefficient (Wildman–Crippen LogP) is 0.794. The molecule has 1 saturated heterocycles. The molecule has 1 fully saturated rings. The van der Waals surface area contributed by atoms with Gasteiger partial charge in [-0.25, -0.2) is 0 Å². The molecule has 0 radical (unpaired) electrons. The summed E-state index contributed by atoms with van der Waals surface area (Å²) < 4.78 is 0. The lowest BCUT2D eigenvalue weighted by atomic mass is 9.90. The second kappa shape index (κ2) is 6.41. The van der Waals surface area contributed by atoms with Gasteiger partial charge in [-0.3, -0.25) is 4.79 Å². The molecule has 1 aliphatic rings. The molecule has 84 valence electrons. The second-order valence-corrected chi connectivity index (χ2v) is 4.00. The summed E-state index contributed by atoms with van der Waals surface area (Å²) in [6.45, 7) is 3.56. The number of carbonyl (C=O) groups excluding carboxylic acids is 1. The van der Waals surface area contributed by atoms with Crippen molar-refractivity contribution in [3.05, 3.63) is 0 Å². The monoisotopic (exact) mass is 209 g/mol. The van der Waals surface area contributed by atoms with Crippen LogP contribution in [0.5, 0.6) is 0 Å². The van der Waals surface area contributed by atoms with E-state index in [-0.39, 0.29) is 11.9 Å². The number of nitriles is 1. The summed E-state index contributed by atoms with van der Waals surface area (Å²) in [7, 11) is 0. The Balaban J connectivity index is 2.29. The summed E-state index contributed by atoms with van der Waals surface area (Å²) in [4.78, 5) is 11.7. The molecule has 0 aromatic rings. The fourth-order valence-corrected chi connectivity index (χ4v) is 1.93. The number of nitrogens with one attached hydrogen (secondary N) is 2. The molecule has 1 amide bonds. The number of hydrogen-bond acceptors (Lipinski definition) is 3. The molecule has 0 aromatic carbocycles. The van der Waals surface area contributed by atoms with E-state index in [0.29, 0.717) is 18.9 Å². The Morgan fingerprint density at radius 2 is 2.47 bits per heavy atom. The molecule has 1 aliphatic heterocycles. The van der Waals surface area contributed by atoms with Gasteiger partial charge in [0.1, 0.15) is 0 Å². The second-order valence-electron chi connectivity index (χ2n) is 4.00. The fourth-order valence-electron chi connectivity index (χ4n) is 1.93. The molecule has 15 heavy (non-hydrogen) atoms. The minimum Gasteiger partial charge on any atom is -0.354 e. The van der Waals surface area contributed by atoms with Gasteiger partial charge in [0.25, 0.3) is 0 Å². The highest BCUT2D eigenvalue weighted by Crippen LogP contribution is 2.19. The summed E-state index contributed by atoms with van der Waals surface area (Å²) in [5.41, 5.74) is 0. The van der Waals surface area contributed by atoms with Crippen LogP contribution in [-0.2, 0) is 4.79 Å². The standard InChI is InChI=1S/C11H19N3O/c1-2-9-4-7-13-10(8-9)11(15)14-6-3-5-12/h9-10,13H,2-4,6-8H2,1H3,(H,14,15).